The lowest BCUT2D eigenvalue weighted by Gasteiger charge is -2.19. The third kappa shape index (κ3) is 3.56. The van der Waals surface area contributed by atoms with Gasteiger partial charge in [-0.1, -0.05) is 36.4 Å². The summed E-state index contributed by atoms with van der Waals surface area (Å²) in [5.41, 5.74) is 2.35. The van der Waals surface area contributed by atoms with E-state index in [0.29, 0.717) is 23.7 Å². The molecule has 0 aliphatic carbocycles. The first kappa shape index (κ1) is 19.8. The van der Waals surface area contributed by atoms with Gasteiger partial charge in [0.15, 0.2) is 11.5 Å². The van der Waals surface area contributed by atoms with Crippen LogP contribution in [0.4, 0.5) is 11.4 Å². The average Bonchev–Trinajstić information content (AvgIpc) is 3.15. The molecule has 6 nitrogen and oxygen atoms in total. The van der Waals surface area contributed by atoms with Crippen LogP contribution in [0.15, 0.2) is 54.6 Å². The number of benzene rings is 3. The molecule has 30 heavy (non-hydrogen) atoms. The van der Waals surface area contributed by atoms with Crippen molar-refractivity contribution in [2.75, 3.05) is 31.0 Å². The minimum Gasteiger partial charge on any atom is -0.493 e. The summed E-state index contributed by atoms with van der Waals surface area (Å²) in [5.74, 6) is 0.491. The summed E-state index contributed by atoms with van der Waals surface area (Å²) in [6.07, 6.45) is 0.182. The molecule has 2 amide bonds. The molecule has 1 heterocycles. The zero-order valence-corrected chi connectivity index (χ0v) is 17.3. The smallest absolute Gasteiger partial charge is 0.229 e. The normalized spacial score (nSPS) is 16.0. The molecule has 1 N–H and O–H groups in total. The third-order valence-electron chi connectivity index (χ3n) is 5.54. The number of amides is 2. The van der Waals surface area contributed by atoms with Gasteiger partial charge in [0.2, 0.25) is 11.8 Å². The second-order valence-corrected chi connectivity index (χ2v) is 7.42. The van der Waals surface area contributed by atoms with Crippen LogP contribution in [-0.4, -0.2) is 32.6 Å². The number of methoxy groups -OCH3 is 2. The van der Waals surface area contributed by atoms with Gasteiger partial charge >= 0.3 is 0 Å². The van der Waals surface area contributed by atoms with Gasteiger partial charge in [0.05, 0.1) is 25.8 Å². The summed E-state index contributed by atoms with van der Waals surface area (Å²) in [6.45, 7) is 2.24. The van der Waals surface area contributed by atoms with E-state index >= 15 is 0 Å². The summed E-state index contributed by atoms with van der Waals surface area (Å²) >= 11 is 0. The first-order chi connectivity index (χ1) is 14.5. The summed E-state index contributed by atoms with van der Waals surface area (Å²) < 4.78 is 10.6. The second-order valence-electron chi connectivity index (χ2n) is 7.42. The molecule has 0 unspecified atom stereocenters. The van der Waals surface area contributed by atoms with E-state index in [-0.39, 0.29) is 18.2 Å². The fraction of sp³-hybridized carbons (Fsp3) is 0.250. The second kappa shape index (κ2) is 8.06. The lowest BCUT2D eigenvalue weighted by atomic mass is 10.1. The van der Waals surface area contributed by atoms with Crippen LogP contribution in [0.2, 0.25) is 0 Å². The number of rotatable bonds is 5. The Balaban J connectivity index is 1.55. The van der Waals surface area contributed by atoms with Gasteiger partial charge < -0.3 is 19.7 Å². The third-order valence-corrected chi connectivity index (χ3v) is 5.54. The monoisotopic (exact) mass is 404 g/mol. The number of ether oxygens (including phenoxy) is 2. The van der Waals surface area contributed by atoms with E-state index in [0.717, 1.165) is 22.0 Å². The number of carbonyl (C=O) groups is 2. The van der Waals surface area contributed by atoms with Crippen molar-refractivity contribution in [3.8, 4) is 11.5 Å². The number of nitrogens with zero attached hydrogens (tertiary/aromatic N) is 1. The molecule has 3 aromatic rings. The van der Waals surface area contributed by atoms with Crippen molar-refractivity contribution < 1.29 is 19.1 Å². The molecular formula is C24H24N2O4. The number of hydrogen-bond donors (Lipinski definition) is 1. The quantitative estimate of drug-likeness (QED) is 0.693. The Labute approximate surface area is 175 Å². The van der Waals surface area contributed by atoms with Gasteiger partial charge in [-0.25, -0.2) is 0 Å². The number of nitrogens with one attached hydrogen (secondary N) is 1. The van der Waals surface area contributed by atoms with E-state index in [1.807, 2.05) is 55.5 Å². The zero-order chi connectivity index (χ0) is 21.3. The highest BCUT2D eigenvalue weighted by molar-refractivity contribution is 6.08. The van der Waals surface area contributed by atoms with Crippen molar-refractivity contribution in [1.29, 1.82) is 0 Å². The van der Waals surface area contributed by atoms with Crippen LogP contribution in [0.1, 0.15) is 12.0 Å². The van der Waals surface area contributed by atoms with E-state index in [9.17, 15) is 9.59 Å². The highest BCUT2D eigenvalue weighted by Crippen LogP contribution is 2.35. The minimum absolute atomic E-state index is 0.0458. The van der Waals surface area contributed by atoms with Gasteiger partial charge in [-0.05, 0) is 30.0 Å². The molecule has 1 atom stereocenters. The van der Waals surface area contributed by atoms with Crippen LogP contribution < -0.4 is 19.7 Å². The molecule has 0 spiro atoms. The van der Waals surface area contributed by atoms with E-state index in [1.165, 1.54) is 0 Å². The van der Waals surface area contributed by atoms with Crippen LogP contribution >= 0.6 is 0 Å². The largest absolute Gasteiger partial charge is 0.493 e. The first-order valence-electron chi connectivity index (χ1n) is 9.83. The van der Waals surface area contributed by atoms with Gasteiger partial charge in [0.25, 0.3) is 0 Å². The SMILES string of the molecule is COc1cc(C)c(NC(=O)[C@@H]2CC(=O)N(c3cccc4ccccc34)C2)cc1OC. The lowest BCUT2D eigenvalue weighted by molar-refractivity contribution is -0.122. The molecule has 0 aromatic heterocycles. The topological polar surface area (TPSA) is 67.9 Å². The maximum Gasteiger partial charge on any atom is 0.229 e. The summed E-state index contributed by atoms with van der Waals surface area (Å²) in [4.78, 5) is 27.4. The number of carbonyl (C=O) groups excluding carboxylic acids is 2. The van der Waals surface area contributed by atoms with Crippen LogP contribution in [0.25, 0.3) is 10.8 Å². The number of aryl methyl sites for hydroxylation is 1. The molecule has 1 aliphatic rings. The van der Waals surface area contributed by atoms with E-state index < -0.39 is 5.92 Å². The Morgan fingerprint density at radius 2 is 1.73 bits per heavy atom. The molecule has 0 bridgehead atoms. The van der Waals surface area contributed by atoms with Gasteiger partial charge in [-0.3, -0.25) is 9.59 Å². The molecule has 1 saturated heterocycles. The van der Waals surface area contributed by atoms with Gasteiger partial charge in [0.1, 0.15) is 0 Å². The predicted molar refractivity (Wildman–Crippen MR) is 117 cm³/mol. The van der Waals surface area contributed by atoms with E-state index in [4.69, 9.17) is 9.47 Å². The van der Waals surface area contributed by atoms with Crippen LogP contribution in [0.5, 0.6) is 11.5 Å². The Morgan fingerprint density at radius 1 is 1.03 bits per heavy atom. The van der Waals surface area contributed by atoms with Gasteiger partial charge in [-0.2, -0.15) is 0 Å². The van der Waals surface area contributed by atoms with Crippen molar-refractivity contribution in [2.24, 2.45) is 5.92 Å². The summed E-state index contributed by atoms with van der Waals surface area (Å²) in [6, 6.07) is 17.4. The molecule has 1 fully saturated rings. The standard InChI is InChI=1S/C24H24N2O4/c1-15-11-21(29-2)22(30-3)13-19(15)25-24(28)17-12-23(27)26(14-17)20-10-6-8-16-7-4-5-9-18(16)20/h4-11,13,17H,12,14H2,1-3H3,(H,25,28)/t17-/m1/s1. The fourth-order valence-electron chi connectivity index (χ4n) is 3.91. The fourth-order valence-corrected chi connectivity index (χ4v) is 3.91. The molecule has 154 valence electrons. The molecule has 3 aromatic carbocycles. The van der Waals surface area contributed by atoms with Gasteiger partial charge in [0, 0.05) is 30.1 Å². The lowest BCUT2D eigenvalue weighted by Crippen LogP contribution is -2.28. The van der Waals surface area contributed by atoms with Crippen LogP contribution in [0, 0.1) is 12.8 Å². The Kier molecular flexibility index (Phi) is 5.31. The minimum atomic E-state index is -0.427. The van der Waals surface area contributed by atoms with Crippen molar-refractivity contribution in [3.05, 3.63) is 60.2 Å². The highest BCUT2D eigenvalue weighted by Gasteiger charge is 2.36. The molecular weight excluding hydrogens is 380 g/mol. The van der Waals surface area contributed by atoms with Crippen molar-refractivity contribution in [2.45, 2.75) is 13.3 Å². The maximum atomic E-state index is 12.9. The molecule has 6 heteroatoms. The molecule has 4 rings (SSSR count). The van der Waals surface area contributed by atoms with Gasteiger partial charge in [-0.15, -0.1) is 0 Å². The Bertz CT molecular complexity index is 1120. The molecule has 1 aliphatic heterocycles. The number of anilines is 2. The van der Waals surface area contributed by atoms with E-state index in [2.05, 4.69) is 5.32 Å². The zero-order valence-electron chi connectivity index (χ0n) is 17.3. The number of fused-ring (bicyclic) bond motifs is 1. The first-order valence-corrected chi connectivity index (χ1v) is 9.83. The van der Waals surface area contributed by atoms with Crippen molar-refractivity contribution >= 4 is 34.0 Å². The average molecular weight is 404 g/mol. The Hall–Kier alpha value is -3.54. The highest BCUT2D eigenvalue weighted by atomic mass is 16.5. The van der Waals surface area contributed by atoms with Crippen molar-refractivity contribution in [1.82, 2.24) is 0 Å². The summed E-state index contributed by atoms with van der Waals surface area (Å²) in [7, 11) is 3.12. The molecule has 0 saturated carbocycles. The molecule has 0 radical (unpaired) electrons. The Morgan fingerprint density at radius 3 is 2.50 bits per heavy atom. The number of hydrogen-bond acceptors (Lipinski definition) is 4. The van der Waals surface area contributed by atoms with E-state index in [1.54, 1.807) is 25.2 Å². The predicted octanol–water partition coefficient (Wildman–Crippen LogP) is 4.16. The van der Waals surface area contributed by atoms with Crippen LogP contribution in [0.3, 0.4) is 0 Å². The van der Waals surface area contributed by atoms with Crippen molar-refractivity contribution in [3.63, 3.8) is 0 Å². The summed E-state index contributed by atoms with van der Waals surface area (Å²) in [5, 5.41) is 5.03. The maximum absolute atomic E-state index is 12.9. The van der Waals surface area contributed by atoms with Crippen LogP contribution in [-0.2, 0) is 9.59 Å².